The number of oxime groups is 2. The van der Waals surface area contributed by atoms with E-state index in [0.29, 0.717) is 23.1 Å². The smallest absolute Gasteiger partial charge is 0.389 e. The molecule has 0 spiro atoms. The third-order valence-corrected chi connectivity index (χ3v) is 13.8. The quantitative estimate of drug-likeness (QED) is 0.0954. The van der Waals surface area contributed by atoms with E-state index in [0.717, 1.165) is 67.3 Å². The number of rotatable bonds is 10. The Bertz CT molecular complexity index is 2740. The highest BCUT2D eigenvalue weighted by atomic mass is 16.6. The Labute approximate surface area is 391 Å². The van der Waals surface area contributed by atoms with Crippen LogP contribution in [0.15, 0.2) is 28.9 Å². The number of pyridine rings is 2. The first-order chi connectivity index (χ1) is 29.9. The van der Waals surface area contributed by atoms with E-state index >= 15 is 0 Å². The maximum absolute atomic E-state index is 11.8. The number of hydrogen-bond donors (Lipinski definition) is 0. The molecule has 0 aliphatic rings. The summed E-state index contributed by atoms with van der Waals surface area (Å²) in [5.41, 5.74) is 24.8. The number of aryl methyl sites for hydroxylation is 4. The molecule has 4 heterocycles. The normalized spacial score (nSPS) is 11.5. The highest BCUT2D eigenvalue weighted by Crippen LogP contribution is 2.30. The van der Waals surface area contributed by atoms with Crippen LogP contribution in [0.2, 0.25) is 0 Å². The average Bonchev–Trinajstić information content (AvgIpc) is 3.78. The van der Waals surface area contributed by atoms with E-state index in [1.54, 1.807) is 14.1 Å². The summed E-state index contributed by atoms with van der Waals surface area (Å²) >= 11 is 0. The van der Waals surface area contributed by atoms with Crippen molar-refractivity contribution >= 4 is 11.4 Å². The Balaban J connectivity index is 0.000000340. The lowest BCUT2D eigenvalue weighted by atomic mass is 9.87. The molecular weight excluding hydrogens is 833 g/mol. The third kappa shape index (κ3) is 10.3. The van der Waals surface area contributed by atoms with Gasteiger partial charge in [-0.25, -0.2) is 9.59 Å². The van der Waals surface area contributed by atoms with Gasteiger partial charge in [0.05, 0.1) is 11.4 Å². The van der Waals surface area contributed by atoms with Gasteiger partial charge in [-0.1, -0.05) is 25.2 Å². The van der Waals surface area contributed by atoms with E-state index in [2.05, 4.69) is 127 Å². The van der Waals surface area contributed by atoms with Gasteiger partial charge in [-0.3, -0.25) is 9.97 Å². The fraction of sp³-hybridized carbons (Fsp3) is 0.462. The van der Waals surface area contributed by atoms with Crippen molar-refractivity contribution in [3.05, 3.63) is 156 Å². The van der Waals surface area contributed by atoms with Crippen LogP contribution in [0.5, 0.6) is 0 Å². The molecule has 356 valence electrons. The minimum Gasteiger partial charge on any atom is -0.389 e. The molecule has 0 radical (unpaired) electrons. The van der Waals surface area contributed by atoms with E-state index in [1.807, 2.05) is 27.7 Å². The maximum Gasteiger partial charge on any atom is 0.460 e. The molecule has 0 bridgehead atoms. The first-order valence-corrected chi connectivity index (χ1v) is 21.4. The Hall–Kier alpha value is -6.44. The van der Waals surface area contributed by atoms with Gasteiger partial charge in [-0.2, -0.15) is 19.4 Å². The second-order valence-corrected chi connectivity index (χ2v) is 17.0. The van der Waals surface area contributed by atoms with Crippen LogP contribution in [-0.2, 0) is 37.0 Å². The van der Waals surface area contributed by atoms with Crippen molar-refractivity contribution in [3.63, 3.8) is 0 Å². The molecule has 0 saturated heterocycles. The summed E-state index contributed by atoms with van der Waals surface area (Å²) in [6, 6.07) is 0. The molecule has 6 rings (SSSR count). The van der Waals surface area contributed by atoms with Crippen molar-refractivity contribution in [1.29, 1.82) is 0 Å². The van der Waals surface area contributed by atoms with Crippen LogP contribution in [0.1, 0.15) is 149 Å². The molecule has 0 fully saturated rings. The summed E-state index contributed by atoms with van der Waals surface area (Å²) in [6.07, 6.45) is 0. The van der Waals surface area contributed by atoms with E-state index in [4.69, 9.17) is 18.7 Å². The number of aromatic nitrogens is 6. The maximum atomic E-state index is 11.8. The molecule has 0 atom stereocenters. The summed E-state index contributed by atoms with van der Waals surface area (Å²) in [6.45, 7) is 37.6. The minimum absolute atomic E-state index is 0. The highest BCUT2D eigenvalue weighted by Gasteiger charge is 2.25. The fourth-order valence-corrected chi connectivity index (χ4v) is 8.06. The van der Waals surface area contributed by atoms with Gasteiger partial charge in [0.15, 0.2) is 36.3 Å². The largest absolute Gasteiger partial charge is 0.460 e. The van der Waals surface area contributed by atoms with Crippen LogP contribution >= 0.6 is 0 Å². The molecule has 0 unspecified atom stereocenters. The van der Waals surface area contributed by atoms with Crippen LogP contribution in [0.25, 0.3) is 0 Å². The lowest BCUT2D eigenvalue weighted by Crippen LogP contribution is -2.17. The molecular formula is C52H72N8O6. The number of hydrogen-bond acceptors (Lipinski definition) is 12. The van der Waals surface area contributed by atoms with Crippen molar-refractivity contribution < 1.29 is 18.7 Å². The zero-order chi connectivity index (χ0) is 47.8. The van der Waals surface area contributed by atoms with Gasteiger partial charge >= 0.3 is 11.5 Å². The van der Waals surface area contributed by atoms with Gasteiger partial charge in [-0.15, -0.1) is 0 Å². The predicted molar refractivity (Wildman–Crippen MR) is 264 cm³/mol. The molecule has 4 aromatic heterocycles. The number of nitrogens with zero attached hydrogens (tertiary/aromatic N) is 8. The highest BCUT2D eigenvalue weighted by molar-refractivity contribution is 6.13. The Morgan fingerprint density at radius 1 is 0.409 bits per heavy atom. The van der Waals surface area contributed by atoms with Gasteiger partial charge in [-0.05, 0) is 214 Å². The molecule has 0 aliphatic heterocycles. The zero-order valence-electron chi connectivity index (χ0n) is 41.4. The van der Waals surface area contributed by atoms with Crippen molar-refractivity contribution in [1.82, 2.24) is 29.4 Å². The molecule has 14 nitrogen and oxygen atoms in total. The van der Waals surface area contributed by atoms with Crippen LogP contribution in [0.4, 0.5) is 0 Å². The molecule has 66 heavy (non-hydrogen) atoms. The van der Waals surface area contributed by atoms with Crippen LogP contribution in [0, 0.1) is 125 Å². The Morgan fingerprint density at radius 2 is 0.667 bits per heavy atom. The lowest BCUT2D eigenvalue weighted by Gasteiger charge is -2.19. The van der Waals surface area contributed by atoms with Crippen molar-refractivity contribution in [2.75, 3.05) is 0 Å². The molecule has 6 aromatic rings. The topological polar surface area (TPSA) is 165 Å². The van der Waals surface area contributed by atoms with Crippen LogP contribution < -0.4 is 11.5 Å². The summed E-state index contributed by atoms with van der Waals surface area (Å²) in [5, 5.41) is 8.97. The number of benzene rings is 2. The Kier molecular flexibility index (Phi) is 17.4. The van der Waals surface area contributed by atoms with E-state index in [9.17, 15) is 9.59 Å². The fourth-order valence-electron chi connectivity index (χ4n) is 8.06. The minimum atomic E-state index is -0.673. The van der Waals surface area contributed by atoms with E-state index in [-0.39, 0.29) is 28.1 Å². The van der Waals surface area contributed by atoms with Crippen LogP contribution in [0.3, 0.4) is 0 Å². The average molecular weight is 905 g/mol. The first-order valence-electron chi connectivity index (χ1n) is 21.4. The second-order valence-electron chi connectivity index (χ2n) is 17.0. The standard InChI is InChI=1S/2C25H32N4O3.2CH4/c2*1-12-13(2)18(7)22(19(8)14(12)3)23(24-27-25(30)32-29(24)10)28-31-11-21-17(6)15(4)16(5)20(9)26-21;;/h2*11H2,1-10H3;2*1H4. The van der Waals surface area contributed by atoms with Crippen molar-refractivity contribution in [2.24, 2.45) is 24.4 Å². The molecule has 0 aliphatic carbocycles. The first kappa shape index (κ1) is 53.9. The molecule has 0 amide bonds. The lowest BCUT2D eigenvalue weighted by molar-refractivity contribution is 0.127. The van der Waals surface area contributed by atoms with Gasteiger partial charge in [0.2, 0.25) is 0 Å². The second kappa shape index (κ2) is 21.2. The zero-order valence-corrected chi connectivity index (χ0v) is 41.4. The third-order valence-electron chi connectivity index (χ3n) is 13.8. The van der Waals surface area contributed by atoms with Gasteiger partial charge < -0.3 is 18.7 Å². The SMILES string of the molecule is C.C.Cc1nc(CON=C(c2c(C)c(C)c(C)c(C)c2C)c2nc(=O)on2C)c(C)c(C)c1C.Cc1nc(CON=C(c2c(C)c(C)c(C)c(C)c2C)c2nc(=O)on2C)c(C)c(C)c1C. The van der Waals surface area contributed by atoms with Crippen molar-refractivity contribution in [3.8, 4) is 0 Å². The summed E-state index contributed by atoms with van der Waals surface area (Å²) in [4.78, 5) is 52.8. The summed E-state index contributed by atoms with van der Waals surface area (Å²) < 4.78 is 12.9. The molecule has 0 saturated carbocycles. The Morgan fingerprint density at radius 3 is 0.924 bits per heavy atom. The molecule has 2 aromatic carbocycles. The predicted octanol–water partition coefficient (Wildman–Crippen LogP) is 10.3. The van der Waals surface area contributed by atoms with Crippen LogP contribution in [-0.4, -0.2) is 40.8 Å². The molecule has 14 heteroatoms. The monoisotopic (exact) mass is 905 g/mol. The van der Waals surface area contributed by atoms with E-state index < -0.39 is 11.5 Å². The summed E-state index contributed by atoms with van der Waals surface area (Å²) in [7, 11) is 3.27. The van der Waals surface area contributed by atoms with Gasteiger partial charge in [0.1, 0.15) is 0 Å². The van der Waals surface area contributed by atoms with Gasteiger partial charge in [0.25, 0.3) is 0 Å². The van der Waals surface area contributed by atoms with E-state index in [1.165, 1.54) is 65.1 Å². The summed E-state index contributed by atoms with van der Waals surface area (Å²) in [5.74, 6) is -0.698. The van der Waals surface area contributed by atoms with Crippen molar-refractivity contribution in [2.45, 2.75) is 153 Å². The van der Waals surface area contributed by atoms with Gasteiger partial charge in [0, 0.05) is 36.6 Å². The molecule has 0 N–H and O–H groups in total.